The van der Waals surface area contributed by atoms with Crippen molar-refractivity contribution in [1.82, 2.24) is 5.32 Å². The number of rotatable bonds is 8. The summed E-state index contributed by atoms with van der Waals surface area (Å²) in [5, 5.41) is 3.56. The number of nitrogens with two attached hydrogens (primary N) is 1. The van der Waals surface area contributed by atoms with Gasteiger partial charge in [0.1, 0.15) is 0 Å². The van der Waals surface area contributed by atoms with Crippen LogP contribution in [-0.4, -0.2) is 32.3 Å². The highest BCUT2D eigenvalue weighted by Crippen LogP contribution is 2.34. The zero-order chi connectivity index (χ0) is 10.4. The van der Waals surface area contributed by atoms with Gasteiger partial charge in [0, 0.05) is 19.7 Å². The van der Waals surface area contributed by atoms with Crippen molar-refractivity contribution in [3.8, 4) is 0 Å². The monoisotopic (exact) mass is 200 g/mol. The Bertz CT molecular complexity index is 148. The highest BCUT2D eigenvalue weighted by Gasteiger charge is 2.35. The minimum atomic E-state index is 0.228. The first kappa shape index (κ1) is 12.0. The molecule has 3 heteroatoms. The number of hydrogen-bond donors (Lipinski definition) is 2. The summed E-state index contributed by atoms with van der Waals surface area (Å²) in [6, 6.07) is 0.783. The fraction of sp³-hybridized carbons (Fsp3) is 1.00. The Morgan fingerprint density at radius 2 is 2.36 bits per heavy atom. The lowest BCUT2D eigenvalue weighted by Gasteiger charge is -2.12. The first-order valence-corrected chi connectivity index (χ1v) is 5.78. The minimum Gasteiger partial charge on any atom is -0.380 e. The molecule has 0 spiro atoms. The van der Waals surface area contributed by atoms with Crippen LogP contribution < -0.4 is 11.1 Å². The van der Waals surface area contributed by atoms with E-state index in [4.69, 9.17) is 10.5 Å². The van der Waals surface area contributed by atoms with Crippen molar-refractivity contribution in [3.05, 3.63) is 0 Å². The van der Waals surface area contributed by atoms with Gasteiger partial charge in [-0.15, -0.1) is 0 Å². The van der Waals surface area contributed by atoms with Crippen molar-refractivity contribution in [2.45, 2.75) is 44.8 Å². The molecule has 0 amide bonds. The summed E-state index contributed by atoms with van der Waals surface area (Å²) in [4.78, 5) is 0. The smallest absolute Gasteiger partial charge is 0.0705 e. The third-order valence-electron chi connectivity index (χ3n) is 3.05. The van der Waals surface area contributed by atoms with Crippen LogP contribution in [0.1, 0.15) is 32.6 Å². The molecule has 1 aliphatic carbocycles. The molecule has 0 bridgehead atoms. The molecule has 0 heterocycles. The van der Waals surface area contributed by atoms with Gasteiger partial charge in [-0.05, 0) is 31.7 Å². The highest BCUT2D eigenvalue weighted by atomic mass is 16.5. The first-order chi connectivity index (χ1) is 6.81. The molecule has 14 heavy (non-hydrogen) atoms. The van der Waals surface area contributed by atoms with E-state index in [1.165, 1.54) is 19.3 Å². The molecule has 3 nitrogen and oxygen atoms in total. The second-order valence-corrected chi connectivity index (χ2v) is 4.23. The van der Waals surface area contributed by atoms with Crippen LogP contribution in [0.4, 0.5) is 0 Å². The van der Waals surface area contributed by atoms with E-state index < -0.39 is 0 Å². The Morgan fingerprint density at radius 3 is 2.93 bits per heavy atom. The van der Waals surface area contributed by atoms with Crippen molar-refractivity contribution in [3.63, 3.8) is 0 Å². The Labute approximate surface area is 87.4 Å². The van der Waals surface area contributed by atoms with Crippen LogP contribution in [0.5, 0.6) is 0 Å². The Morgan fingerprint density at radius 1 is 1.57 bits per heavy atom. The SMILES string of the molecule is CCCC1CC1NCCC(CN)OC. The lowest BCUT2D eigenvalue weighted by molar-refractivity contribution is 0.102. The van der Waals surface area contributed by atoms with Crippen LogP contribution in [0.15, 0.2) is 0 Å². The van der Waals surface area contributed by atoms with Crippen molar-refractivity contribution in [2.24, 2.45) is 11.7 Å². The Hall–Kier alpha value is -0.120. The third-order valence-corrected chi connectivity index (χ3v) is 3.05. The molecule has 1 fully saturated rings. The maximum atomic E-state index is 5.54. The standard InChI is InChI=1S/C11H24N2O/c1-3-4-9-7-11(9)13-6-5-10(8-12)14-2/h9-11,13H,3-8,12H2,1-2H3. The predicted molar refractivity (Wildman–Crippen MR) is 59.3 cm³/mol. The summed E-state index contributed by atoms with van der Waals surface area (Å²) in [5.41, 5.74) is 5.54. The van der Waals surface area contributed by atoms with Crippen LogP contribution in [0, 0.1) is 5.92 Å². The molecule has 0 aliphatic heterocycles. The molecule has 3 N–H and O–H groups in total. The van der Waals surface area contributed by atoms with Gasteiger partial charge >= 0.3 is 0 Å². The van der Waals surface area contributed by atoms with E-state index in [0.717, 1.165) is 24.9 Å². The molecule has 3 atom stereocenters. The van der Waals surface area contributed by atoms with E-state index in [2.05, 4.69) is 12.2 Å². The highest BCUT2D eigenvalue weighted by molar-refractivity contribution is 4.92. The van der Waals surface area contributed by atoms with E-state index in [-0.39, 0.29) is 6.10 Å². The summed E-state index contributed by atoms with van der Waals surface area (Å²) in [5.74, 6) is 0.943. The topological polar surface area (TPSA) is 47.3 Å². The van der Waals surface area contributed by atoms with E-state index in [0.29, 0.717) is 6.54 Å². The number of nitrogens with one attached hydrogen (secondary N) is 1. The van der Waals surface area contributed by atoms with E-state index in [1.54, 1.807) is 7.11 Å². The van der Waals surface area contributed by atoms with Crippen LogP contribution in [0.25, 0.3) is 0 Å². The van der Waals surface area contributed by atoms with Gasteiger partial charge in [-0.2, -0.15) is 0 Å². The summed E-state index contributed by atoms with van der Waals surface area (Å²) in [6.45, 7) is 3.92. The van der Waals surface area contributed by atoms with Gasteiger partial charge in [0.15, 0.2) is 0 Å². The molecule has 0 aromatic rings. The average Bonchev–Trinajstić information content (AvgIpc) is 2.92. The number of ether oxygens (including phenoxy) is 1. The number of methoxy groups -OCH3 is 1. The summed E-state index contributed by atoms with van der Waals surface area (Å²) in [6.07, 6.45) is 5.32. The Balaban J connectivity index is 1.95. The van der Waals surface area contributed by atoms with E-state index in [1.807, 2.05) is 0 Å². The second kappa shape index (κ2) is 6.38. The lowest BCUT2D eigenvalue weighted by atomic mass is 10.2. The van der Waals surface area contributed by atoms with Crippen LogP contribution in [0.2, 0.25) is 0 Å². The third kappa shape index (κ3) is 3.95. The zero-order valence-corrected chi connectivity index (χ0v) is 9.46. The second-order valence-electron chi connectivity index (χ2n) is 4.23. The van der Waals surface area contributed by atoms with Crippen molar-refractivity contribution >= 4 is 0 Å². The van der Waals surface area contributed by atoms with E-state index >= 15 is 0 Å². The molecule has 1 rings (SSSR count). The predicted octanol–water partition coefficient (Wildman–Crippen LogP) is 1.13. The molecule has 1 aliphatic rings. The molecule has 0 aromatic heterocycles. The maximum Gasteiger partial charge on any atom is 0.0705 e. The quantitative estimate of drug-likeness (QED) is 0.617. The van der Waals surface area contributed by atoms with Crippen LogP contribution in [0.3, 0.4) is 0 Å². The average molecular weight is 200 g/mol. The summed E-state index contributed by atoms with van der Waals surface area (Å²) < 4.78 is 5.21. The normalized spacial score (nSPS) is 27.6. The van der Waals surface area contributed by atoms with Gasteiger partial charge in [-0.25, -0.2) is 0 Å². The lowest BCUT2D eigenvalue weighted by Crippen LogP contribution is -2.29. The minimum absolute atomic E-state index is 0.228. The van der Waals surface area contributed by atoms with Gasteiger partial charge in [-0.1, -0.05) is 13.3 Å². The fourth-order valence-corrected chi connectivity index (χ4v) is 1.95. The van der Waals surface area contributed by atoms with Gasteiger partial charge in [0.05, 0.1) is 6.10 Å². The van der Waals surface area contributed by atoms with Gasteiger partial charge < -0.3 is 15.8 Å². The summed E-state index contributed by atoms with van der Waals surface area (Å²) in [7, 11) is 1.73. The first-order valence-electron chi connectivity index (χ1n) is 5.78. The molecule has 0 aromatic carbocycles. The van der Waals surface area contributed by atoms with Gasteiger partial charge in [0.2, 0.25) is 0 Å². The molecular formula is C11H24N2O. The van der Waals surface area contributed by atoms with Crippen molar-refractivity contribution < 1.29 is 4.74 Å². The Kier molecular flexibility index (Phi) is 5.45. The number of hydrogen-bond acceptors (Lipinski definition) is 3. The van der Waals surface area contributed by atoms with E-state index in [9.17, 15) is 0 Å². The summed E-state index contributed by atoms with van der Waals surface area (Å²) >= 11 is 0. The molecular weight excluding hydrogens is 176 g/mol. The van der Waals surface area contributed by atoms with Gasteiger partial charge in [-0.3, -0.25) is 0 Å². The maximum absolute atomic E-state index is 5.54. The zero-order valence-electron chi connectivity index (χ0n) is 9.46. The molecule has 0 radical (unpaired) electrons. The van der Waals surface area contributed by atoms with Gasteiger partial charge in [0.25, 0.3) is 0 Å². The molecule has 3 unspecified atom stereocenters. The fourth-order valence-electron chi connectivity index (χ4n) is 1.95. The van der Waals surface area contributed by atoms with Crippen molar-refractivity contribution in [2.75, 3.05) is 20.2 Å². The molecule has 84 valence electrons. The van der Waals surface area contributed by atoms with Crippen molar-refractivity contribution in [1.29, 1.82) is 0 Å². The molecule has 1 saturated carbocycles. The molecule has 0 saturated heterocycles. The largest absolute Gasteiger partial charge is 0.380 e. The van der Waals surface area contributed by atoms with Crippen LogP contribution >= 0.6 is 0 Å². The van der Waals surface area contributed by atoms with Crippen LogP contribution in [-0.2, 0) is 4.74 Å².